The molecule has 6 nitrogen and oxygen atoms in total. The van der Waals surface area contributed by atoms with Gasteiger partial charge in [-0.3, -0.25) is 9.36 Å². The van der Waals surface area contributed by atoms with Gasteiger partial charge in [0.1, 0.15) is 11.8 Å². The fourth-order valence-corrected chi connectivity index (χ4v) is 5.16. The fourth-order valence-electron chi connectivity index (χ4n) is 3.88. The highest BCUT2D eigenvalue weighted by Gasteiger charge is 2.34. The first-order valence-electron chi connectivity index (χ1n) is 11.0. The monoisotopic (exact) mass is 496 g/mol. The number of hydrogen-bond acceptors (Lipinski definition) is 6. The smallest absolute Gasteiger partial charge is 0.338 e. The highest BCUT2D eigenvalue weighted by Crippen LogP contribution is 2.34. The molecule has 0 saturated carbocycles. The lowest BCUT2D eigenvalue weighted by Gasteiger charge is -2.25. The standard InChI is InChI=1S/C26H25ClN2O4S/c1-5-32-25(31)22-16(4)28-26-29(23(22)18-11-7-8-12-19(18)27)24(30)21(34-26)14-17-10-6-9-13-20(17)33-15(2)3/h6-15,23H,5H2,1-4H3/b21-14-/t23-/m0/s1. The summed E-state index contributed by atoms with van der Waals surface area (Å²) in [5.74, 6) is 0.174. The molecule has 34 heavy (non-hydrogen) atoms. The minimum Gasteiger partial charge on any atom is -0.490 e. The van der Waals surface area contributed by atoms with Gasteiger partial charge in [0.25, 0.3) is 5.56 Å². The van der Waals surface area contributed by atoms with Crippen molar-refractivity contribution < 1.29 is 14.3 Å². The fraction of sp³-hybridized carbons (Fsp3) is 0.269. The van der Waals surface area contributed by atoms with Crippen LogP contribution in [-0.2, 0) is 9.53 Å². The molecule has 4 rings (SSSR count). The van der Waals surface area contributed by atoms with Crippen LogP contribution in [0, 0.1) is 0 Å². The summed E-state index contributed by atoms with van der Waals surface area (Å²) in [5.41, 5.74) is 1.97. The molecule has 1 aliphatic rings. The van der Waals surface area contributed by atoms with Crippen molar-refractivity contribution in [2.45, 2.75) is 39.8 Å². The van der Waals surface area contributed by atoms with E-state index in [9.17, 15) is 9.59 Å². The van der Waals surface area contributed by atoms with E-state index in [1.54, 1.807) is 26.0 Å². The van der Waals surface area contributed by atoms with E-state index in [0.717, 1.165) is 5.56 Å². The van der Waals surface area contributed by atoms with Crippen molar-refractivity contribution in [1.29, 1.82) is 0 Å². The highest BCUT2D eigenvalue weighted by molar-refractivity contribution is 7.07. The number of halogens is 1. The van der Waals surface area contributed by atoms with E-state index in [2.05, 4.69) is 4.99 Å². The molecule has 1 atom stereocenters. The Kier molecular flexibility index (Phi) is 7.05. The number of ether oxygens (including phenoxy) is 2. The lowest BCUT2D eigenvalue weighted by atomic mass is 9.96. The summed E-state index contributed by atoms with van der Waals surface area (Å²) in [6, 6.07) is 14.0. The van der Waals surface area contributed by atoms with Crippen LogP contribution in [0.5, 0.6) is 5.75 Å². The molecule has 0 radical (unpaired) electrons. The molecule has 0 spiro atoms. The molecule has 0 fully saturated rings. The third-order valence-corrected chi connectivity index (χ3v) is 6.61. The van der Waals surface area contributed by atoms with Crippen LogP contribution in [0.4, 0.5) is 0 Å². The normalized spacial score (nSPS) is 15.8. The molecule has 0 amide bonds. The number of hydrogen-bond donors (Lipinski definition) is 0. The third-order valence-electron chi connectivity index (χ3n) is 5.29. The zero-order valence-corrected chi connectivity index (χ0v) is 20.9. The maximum Gasteiger partial charge on any atom is 0.338 e. The Morgan fingerprint density at radius 3 is 2.62 bits per heavy atom. The van der Waals surface area contributed by atoms with Gasteiger partial charge < -0.3 is 9.47 Å². The van der Waals surface area contributed by atoms with Crippen LogP contribution >= 0.6 is 22.9 Å². The second-order valence-corrected chi connectivity index (χ2v) is 9.44. The first-order valence-corrected chi connectivity index (χ1v) is 12.2. The average Bonchev–Trinajstić information content (AvgIpc) is 3.09. The summed E-state index contributed by atoms with van der Waals surface area (Å²) in [7, 11) is 0. The SMILES string of the molecule is CCOC(=O)C1=C(C)N=c2s/c(=C\c3ccccc3OC(C)C)c(=O)n2[C@H]1c1ccccc1Cl. The molecular weight excluding hydrogens is 472 g/mol. The predicted molar refractivity (Wildman–Crippen MR) is 134 cm³/mol. The Labute approximate surface area is 206 Å². The number of benzene rings is 2. The maximum atomic E-state index is 13.7. The zero-order valence-electron chi connectivity index (χ0n) is 19.4. The Bertz CT molecular complexity index is 1450. The van der Waals surface area contributed by atoms with E-state index >= 15 is 0 Å². The number of para-hydroxylation sites is 1. The van der Waals surface area contributed by atoms with Gasteiger partial charge in [-0.25, -0.2) is 9.79 Å². The maximum absolute atomic E-state index is 13.7. The molecule has 3 aromatic rings. The summed E-state index contributed by atoms with van der Waals surface area (Å²) in [4.78, 5) is 31.7. The van der Waals surface area contributed by atoms with Crippen LogP contribution in [0.25, 0.3) is 6.08 Å². The molecule has 176 valence electrons. The van der Waals surface area contributed by atoms with Gasteiger partial charge in [-0.05, 0) is 51.5 Å². The molecular formula is C26H25ClN2O4S. The number of carbonyl (C=O) groups excluding carboxylic acids is 1. The van der Waals surface area contributed by atoms with Crippen molar-refractivity contribution in [3.05, 3.63) is 95.6 Å². The summed E-state index contributed by atoms with van der Waals surface area (Å²) < 4.78 is 13.2. The van der Waals surface area contributed by atoms with Gasteiger partial charge in [-0.1, -0.05) is 59.3 Å². The van der Waals surface area contributed by atoms with Gasteiger partial charge in [0.2, 0.25) is 0 Å². The quantitative estimate of drug-likeness (QED) is 0.479. The lowest BCUT2D eigenvalue weighted by molar-refractivity contribution is -0.139. The molecule has 0 unspecified atom stereocenters. The van der Waals surface area contributed by atoms with Gasteiger partial charge in [0.05, 0.1) is 28.5 Å². The Morgan fingerprint density at radius 2 is 1.91 bits per heavy atom. The van der Waals surface area contributed by atoms with Crippen molar-refractivity contribution in [2.24, 2.45) is 4.99 Å². The highest BCUT2D eigenvalue weighted by atomic mass is 35.5. The van der Waals surface area contributed by atoms with E-state index in [1.807, 2.05) is 56.3 Å². The molecule has 2 heterocycles. The Morgan fingerprint density at radius 1 is 1.21 bits per heavy atom. The molecule has 2 aromatic carbocycles. The average molecular weight is 497 g/mol. The van der Waals surface area contributed by atoms with Gasteiger partial charge in [0, 0.05) is 10.6 Å². The van der Waals surface area contributed by atoms with Crippen LogP contribution in [0.2, 0.25) is 5.02 Å². The number of thiazole rings is 1. The predicted octanol–water partition coefficient (Wildman–Crippen LogP) is 4.24. The minimum absolute atomic E-state index is 0.00854. The van der Waals surface area contributed by atoms with Gasteiger partial charge >= 0.3 is 5.97 Å². The van der Waals surface area contributed by atoms with Crippen molar-refractivity contribution in [1.82, 2.24) is 4.57 Å². The summed E-state index contributed by atoms with van der Waals surface area (Å²) >= 11 is 7.80. The van der Waals surface area contributed by atoms with Crippen molar-refractivity contribution in [2.75, 3.05) is 6.61 Å². The van der Waals surface area contributed by atoms with Crippen LogP contribution in [0.15, 0.2) is 69.6 Å². The van der Waals surface area contributed by atoms with Gasteiger partial charge in [0.15, 0.2) is 4.80 Å². The van der Waals surface area contributed by atoms with Crippen LogP contribution in [0.1, 0.15) is 44.9 Å². The van der Waals surface area contributed by atoms with E-state index in [-0.39, 0.29) is 18.3 Å². The second kappa shape index (κ2) is 9.99. The van der Waals surface area contributed by atoms with Crippen LogP contribution in [0.3, 0.4) is 0 Å². The summed E-state index contributed by atoms with van der Waals surface area (Å²) in [5, 5.41) is 0.453. The summed E-state index contributed by atoms with van der Waals surface area (Å²) in [6.07, 6.45) is 1.79. The number of nitrogens with zero attached hydrogens (tertiary/aromatic N) is 2. The molecule has 1 aliphatic heterocycles. The largest absolute Gasteiger partial charge is 0.490 e. The number of allylic oxidation sites excluding steroid dienone is 1. The first-order chi connectivity index (χ1) is 16.3. The second-order valence-electron chi connectivity index (χ2n) is 8.03. The Hall–Kier alpha value is -3.16. The first kappa shape index (κ1) is 24.0. The molecule has 0 N–H and O–H groups in total. The molecule has 0 bridgehead atoms. The Balaban J connectivity index is 1.96. The van der Waals surface area contributed by atoms with Crippen LogP contribution in [-0.4, -0.2) is 23.2 Å². The van der Waals surface area contributed by atoms with E-state index in [4.69, 9.17) is 21.1 Å². The summed E-state index contributed by atoms with van der Waals surface area (Å²) in [6.45, 7) is 7.60. The number of carbonyl (C=O) groups is 1. The zero-order chi connectivity index (χ0) is 24.4. The van der Waals surface area contributed by atoms with Gasteiger partial charge in [-0.15, -0.1) is 0 Å². The number of rotatable bonds is 6. The molecule has 0 saturated heterocycles. The number of fused-ring (bicyclic) bond motifs is 1. The van der Waals surface area contributed by atoms with E-state index in [0.29, 0.717) is 36.9 Å². The molecule has 0 aliphatic carbocycles. The van der Waals surface area contributed by atoms with E-state index in [1.165, 1.54) is 15.9 Å². The lowest BCUT2D eigenvalue weighted by Crippen LogP contribution is -2.40. The number of aromatic nitrogens is 1. The van der Waals surface area contributed by atoms with Gasteiger partial charge in [-0.2, -0.15) is 0 Å². The third kappa shape index (κ3) is 4.58. The van der Waals surface area contributed by atoms with Crippen molar-refractivity contribution in [3.8, 4) is 5.75 Å². The minimum atomic E-state index is -0.742. The van der Waals surface area contributed by atoms with Crippen molar-refractivity contribution in [3.63, 3.8) is 0 Å². The van der Waals surface area contributed by atoms with E-state index < -0.39 is 12.0 Å². The molecule has 1 aromatic heterocycles. The molecule has 8 heteroatoms. The number of esters is 1. The van der Waals surface area contributed by atoms with Crippen molar-refractivity contribution >= 4 is 35.0 Å². The topological polar surface area (TPSA) is 69.9 Å². The van der Waals surface area contributed by atoms with Crippen LogP contribution < -0.4 is 19.6 Å².